The number of carbonyl (C=O) groups is 1. The normalized spacial score (nSPS) is 18.9. The van der Waals surface area contributed by atoms with Crippen LogP contribution in [0.4, 0.5) is 0 Å². The summed E-state index contributed by atoms with van der Waals surface area (Å²) in [6, 6.07) is 15.4. The minimum absolute atomic E-state index is 0.0515. The fourth-order valence-electron chi connectivity index (χ4n) is 3.97. The maximum Gasteiger partial charge on any atom is 0.246 e. The number of fused-ring (bicyclic) bond motifs is 3. The molecule has 0 radical (unpaired) electrons. The first-order chi connectivity index (χ1) is 10.8. The van der Waals surface area contributed by atoms with Crippen LogP contribution in [0.3, 0.4) is 0 Å². The van der Waals surface area contributed by atoms with Crippen LogP contribution in [-0.4, -0.2) is 17.4 Å². The Morgan fingerprint density at radius 3 is 2.82 bits per heavy atom. The highest BCUT2D eigenvalue weighted by Crippen LogP contribution is 2.43. The van der Waals surface area contributed by atoms with Crippen molar-refractivity contribution in [1.82, 2.24) is 4.90 Å². The number of carbonyl (C=O) groups excluding carboxylic acids is 1. The predicted molar refractivity (Wildman–Crippen MR) is 88.6 cm³/mol. The molecule has 2 aliphatic rings. The highest BCUT2D eigenvalue weighted by Gasteiger charge is 2.32. The van der Waals surface area contributed by atoms with Gasteiger partial charge < -0.3 is 4.90 Å². The molecule has 2 heteroatoms. The van der Waals surface area contributed by atoms with Gasteiger partial charge in [0.1, 0.15) is 0 Å². The maximum absolute atomic E-state index is 12.1. The van der Waals surface area contributed by atoms with Gasteiger partial charge in [-0.1, -0.05) is 49.0 Å². The Hall–Kier alpha value is -2.35. The fraction of sp³-hybridized carbons (Fsp3) is 0.250. The summed E-state index contributed by atoms with van der Waals surface area (Å²) < 4.78 is 0. The first-order valence-electron chi connectivity index (χ1n) is 7.92. The molecule has 1 atom stereocenters. The summed E-state index contributed by atoms with van der Waals surface area (Å²) >= 11 is 0. The maximum atomic E-state index is 12.1. The number of likely N-dealkylation sites (tertiary alicyclic amines) is 1. The topological polar surface area (TPSA) is 20.3 Å². The quantitative estimate of drug-likeness (QED) is 0.650. The smallest absolute Gasteiger partial charge is 0.246 e. The zero-order valence-corrected chi connectivity index (χ0v) is 12.6. The van der Waals surface area contributed by atoms with E-state index in [1.165, 1.54) is 33.9 Å². The molecule has 1 heterocycles. The Bertz CT molecular complexity index is 762. The van der Waals surface area contributed by atoms with Gasteiger partial charge in [0.05, 0.1) is 6.04 Å². The average molecular weight is 289 g/mol. The second-order valence-corrected chi connectivity index (χ2v) is 6.10. The van der Waals surface area contributed by atoms with Crippen LogP contribution in [0.1, 0.15) is 35.6 Å². The average Bonchev–Trinajstić information content (AvgIpc) is 3.18. The molecule has 110 valence electrons. The second-order valence-electron chi connectivity index (χ2n) is 6.10. The molecular formula is C20H19NO. The minimum atomic E-state index is 0.0515. The van der Waals surface area contributed by atoms with Gasteiger partial charge in [-0.2, -0.15) is 0 Å². The number of hydrogen-bond donors (Lipinski definition) is 0. The summed E-state index contributed by atoms with van der Waals surface area (Å²) in [4.78, 5) is 14.1. The predicted octanol–water partition coefficient (Wildman–Crippen LogP) is 4.11. The van der Waals surface area contributed by atoms with E-state index < -0.39 is 0 Å². The van der Waals surface area contributed by atoms with E-state index in [2.05, 4.69) is 49.0 Å². The Morgan fingerprint density at radius 2 is 1.95 bits per heavy atom. The van der Waals surface area contributed by atoms with Crippen molar-refractivity contribution in [2.75, 3.05) is 6.54 Å². The molecule has 0 aromatic heterocycles. The Kier molecular flexibility index (Phi) is 3.11. The van der Waals surface area contributed by atoms with E-state index in [1.54, 1.807) is 0 Å². The molecule has 4 rings (SSSR count). The third-order valence-corrected chi connectivity index (χ3v) is 4.96. The van der Waals surface area contributed by atoms with Gasteiger partial charge in [0, 0.05) is 6.54 Å². The van der Waals surface area contributed by atoms with Crippen molar-refractivity contribution in [3.05, 3.63) is 71.8 Å². The summed E-state index contributed by atoms with van der Waals surface area (Å²) in [7, 11) is 0. The minimum Gasteiger partial charge on any atom is -0.332 e. The third-order valence-electron chi connectivity index (χ3n) is 4.96. The zero-order chi connectivity index (χ0) is 15.1. The molecule has 0 spiro atoms. The molecule has 1 amide bonds. The molecule has 2 aromatic carbocycles. The molecule has 0 N–H and O–H groups in total. The summed E-state index contributed by atoms with van der Waals surface area (Å²) in [6.07, 6.45) is 4.54. The summed E-state index contributed by atoms with van der Waals surface area (Å²) in [5.74, 6) is 0.0515. The molecule has 22 heavy (non-hydrogen) atoms. The molecule has 2 aromatic rings. The molecule has 1 unspecified atom stereocenters. The summed E-state index contributed by atoms with van der Waals surface area (Å²) in [5.41, 5.74) is 6.80. The first kappa shape index (κ1) is 13.3. The van der Waals surface area contributed by atoms with Crippen LogP contribution in [-0.2, 0) is 11.2 Å². The van der Waals surface area contributed by atoms with Crippen molar-refractivity contribution in [3.63, 3.8) is 0 Å². The number of rotatable bonds is 2. The van der Waals surface area contributed by atoms with E-state index >= 15 is 0 Å². The van der Waals surface area contributed by atoms with E-state index in [0.717, 1.165) is 25.8 Å². The van der Waals surface area contributed by atoms with Gasteiger partial charge in [-0.3, -0.25) is 4.79 Å². The first-order valence-corrected chi connectivity index (χ1v) is 7.92. The molecule has 0 saturated carbocycles. The van der Waals surface area contributed by atoms with Crippen LogP contribution >= 0.6 is 0 Å². The highest BCUT2D eigenvalue weighted by atomic mass is 16.2. The van der Waals surface area contributed by atoms with Crippen molar-refractivity contribution >= 4 is 5.91 Å². The van der Waals surface area contributed by atoms with Crippen LogP contribution in [0.25, 0.3) is 11.1 Å². The van der Waals surface area contributed by atoms with Crippen molar-refractivity contribution in [1.29, 1.82) is 0 Å². The van der Waals surface area contributed by atoms with E-state index in [-0.39, 0.29) is 11.9 Å². The van der Waals surface area contributed by atoms with Gasteiger partial charge in [0.25, 0.3) is 0 Å². The van der Waals surface area contributed by atoms with Crippen LogP contribution in [0.15, 0.2) is 55.1 Å². The van der Waals surface area contributed by atoms with Gasteiger partial charge in [0.15, 0.2) is 0 Å². The largest absolute Gasteiger partial charge is 0.332 e. The van der Waals surface area contributed by atoms with Gasteiger partial charge in [-0.15, -0.1) is 0 Å². The molecule has 2 nitrogen and oxygen atoms in total. The Labute approximate surface area is 131 Å². The van der Waals surface area contributed by atoms with Gasteiger partial charge in [-0.05, 0) is 53.2 Å². The van der Waals surface area contributed by atoms with E-state index in [4.69, 9.17) is 0 Å². The number of benzene rings is 2. The van der Waals surface area contributed by atoms with Crippen LogP contribution in [0, 0.1) is 0 Å². The van der Waals surface area contributed by atoms with Crippen molar-refractivity contribution in [2.24, 2.45) is 0 Å². The lowest BCUT2D eigenvalue weighted by Crippen LogP contribution is -2.29. The SMILES string of the molecule is C=CC(=O)N1CCCC1c1cccc2c1Cc1ccccc1-2. The third kappa shape index (κ3) is 1.91. The Balaban J connectivity index is 1.79. The number of nitrogens with zero attached hydrogens (tertiary/aromatic N) is 1. The molecular weight excluding hydrogens is 270 g/mol. The molecule has 1 aliphatic heterocycles. The standard InChI is InChI=1S/C20H19NO/c1-2-20(22)21-12-6-11-19(21)17-10-5-9-16-15-8-4-3-7-14(15)13-18(16)17/h2-5,7-10,19H,1,6,11-13H2. The lowest BCUT2D eigenvalue weighted by molar-refractivity contribution is -0.126. The van der Waals surface area contributed by atoms with Crippen LogP contribution in [0.5, 0.6) is 0 Å². The van der Waals surface area contributed by atoms with Crippen molar-refractivity contribution in [2.45, 2.75) is 25.3 Å². The van der Waals surface area contributed by atoms with Crippen LogP contribution in [0.2, 0.25) is 0 Å². The van der Waals surface area contributed by atoms with Gasteiger partial charge in [-0.25, -0.2) is 0 Å². The molecule has 0 bridgehead atoms. The molecule has 1 fully saturated rings. The van der Waals surface area contributed by atoms with E-state index in [1.807, 2.05) is 4.90 Å². The number of hydrogen-bond acceptors (Lipinski definition) is 1. The van der Waals surface area contributed by atoms with Crippen molar-refractivity contribution in [3.8, 4) is 11.1 Å². The monoisotopic (exact) mass is 289 g/mol. The zero-order valence-electron chi connectivity index (χ0n) is 12.6. The van der Waals surface area contributed by atoms with Gasteiger partial charge >= 0.3 is 0 Å². The number of amides is 1. The van der Waals surface area contributed by atoms with Gasteiger partial charge in [0.2, 0.25) is 5.91 Å². The fourth-order valence-corrected chi connectivity index (χ4v) is 3.97. The van der Waals surface area contributed by atoms with E-state index in [9.17, 15) is 4.79 Å². The lowest BCUT2D eigenvalue weighted by Gasteiger charge is -2.25. The highest BCUT2D eigenvalue weighted by molar-refractivity contribution is 5.88. The van der Waals surface area contributed by atoms with Crippen molar-refractivity contribution < 1.29 is 4.79 Å². The van der Waals surface area contributed by atoms with E-state index in [0.29, 0.717) is 0 Å². The summed E-state index contributed by atoms with van der Waals surface area (Å²) in [6.45, 7) is 4.49. The second kappa shape index (κ2) is 5.13. The lowest BCUT2D eigenvalue weighted by atomic mass is 9.94. The molecule has 1 saturated heterocycles. The summed E-state index contributed by atoms with van der Waals surface area (Å²) in [5, 5.41) is 0. The Morgan fingerprint density at radius 1 is 1.14 bits per heavy atom. The van der Waals surface area contributed by atoms with Crippen LogP contribution < -0.4 is 0 Å². The molecule has 1 aliphatic carbocycles.